The molecule has 8 heteroatoms. The first kappa shape index (κ1) is 13.4. The summed E-state index contributed by atoms with van der Waals surface area (Å²) in [6, 6.07) is 1.22. The highest BCUT2D eigenvalue weighted by Gasteiger charge is 2.26. The van der Waals surface area contributed by atoms with Crippen LogP contribution in [0.5, 0.6) is 0 Å². The molecule has 0 bridgehead atoms. The highest BCUT2D eigenvalue weighted by molar-refractivity contribution is 7.61. The quantitative estimate of drug-likeness (QED) is 0.425. The molecule has 1 heterocycles. The van der Waals surface area contributed by atoms with E-state index < -0.39 is 13.6 Å². The third-order valence-electron chi connectivity index (χ3n) is 1.33. The molecule has 14 heavy (non-hydrogen) atoms. The lowest BCUT2D eigenvalue weighted by molar-refractivity contribution is 0.0607. The van der Waals surface area contributed by atoms with Crippen LogP contribution in [0.25, 0.3) is 0 Å². The molecule has 0 aliphatic carbocycles. The van der Waals surface area contributed by atoms with Gasteiger partial charge in [-0.3, -0.25) is 4.57 Å². The van der Waals surface area contributed by atoms with Crippen molar-refractivity contribution >= 4 is 38.6 Å². The predicted octanol–water partition coefficient (Wildman–Crippen LogP) is -0.0431. The predicted molar refractivity (Wildman–Crippen MR) is 53.1 cm³/mol. The molecule has 5 nitrogen and oxygen atoms in total. The van der Waals surface area contributed by atoms with Gasteiger partial charge in [0.15, 0.2) is 0 Å². The van der Waals surface area contributed by atoms with E-state index in [-0.39, 0.29) is 18.6 Å². The summed E-state index contributed by atoms with van der Waals surface area (Å²) in [7, 11) is -3.21. The van der Waals surface area contributed by atoms with Gasteiger partial charge in [-0.2, -0.15) is 0 Å². The van der Waals surface area contributed by atoms with E-state index in [1.165, 1.54) is 11.4 Å². The van der Waals surface area contributed by atoms with Crippen molar-refractivity contribution < 1.29 is 23.9 Å². The second-order valence-electron chi connectivity index (χ2n) is 2.17. The molecule has 3 radical (unpaired) electrons. The number of ether oxygens (including phenoxy) is 1. The van der Waals surface area contributed by atoms with Gasteiger partial charge in [0.05, 0.1) is 12.4 Å². The number of esters is 1. The molecule has 1 aromatic heterocycles. The van der Waals surface area contributed by atoms with Gasteiger partial charge in [0.2, 0.25) is 0 Å². The molecular weight excluding hydrogens is 226 g/mol. The third-order valence-corrected chi connectivity index (χ3v) is 3.38. The van der Waals surface area contributed by atoms with Crippen molar-refractivity contribution in [2.45, 2.75) is 0 Å². The number of carbonyl (C=O) groups excluding carboxylic acids is 1. The van der Waals surface area contributed by atoms with Crippen LogP contribution in [0.15, 0.2) is 11.4 Å². The molecule has 1 aromatic rings. The molecule has 0 aliphatic heterocycles. The Balaban J connectivity index is 0.00000169. The van der Waals surface area contributed by atoms with Crippen LogP contribution >= 0.6 is 18.9 Å². The Bertz CT molecular complexity index is 370. The lowest BCUT2D eigenvalue weighted by Gasteiger charge is -2.02. The lowest BCUT2D eigenvalue weighted by Crippen LogP contribution is -2.12. The largest absolute Gasteiger partial charge is 0.465 e. The van der Waals surface area contributed by atoms with Crippen molar-refractivity contribution in [3.05, 3.63) is 16.3 Å². The topological polar surface area (TPSA) is 83.8 Å². The Morgan fingerprint density at radius 2 is 2.14 bits per heavy atom. The van der Waals surface area contributed by atoms with E-state index in [9.17, 15) is 9.36 Å². The third kappa shape index (κ3) is 2.68. The smallest absolute Gasteiger partial charge is 0.357 e. The Labute approximate surface area is 86.5 Å². The summed E-state index contributed by atoms with van der Waals surface area (Å²) in [5.74, 6) is -0.728. The Morgan fingerprint density at radius 3 is 2.57 bits per heavy atom. The van der Waals surface area contributed by atoms with Crippen LogP contribution in [0.2, 0.25) is 0 Å². The van der Waals surface area contributed by atoms with Crippen molar-refractivity contribution in [3.8, 4) is 0 Å². The van der Waals surface area contributed by atoms with E-state index in [4.69, 9.17) is 9.79 Å². The minimum Gasteiger partial charge on any atom is -0.465 e. The number of hydrogen-bond acceptors (Lipinski definition) is 4. The van der Waals surface area contributed by atoms with Gasteiger partial charge in [-0.15, -0.1) is 11.3 Å². The van der Waals surface area contributed by atoms with Gasteiger partial charge in [0.1, 0.15) is 4.88 Å². The summed E-state index contributed by atoms with van der Waals surface area (Å²) >= 11 is 0.942. The van der Waals surface area contributed by atoms with Gasteiger partial charge in [-0.05, 0) is 11.4 Å². The van der Waals surface area contributed by atoms with Crippen molar-refractivity contribution in [2.75, 3.05) is 7.11 Å². The van der Waals surface area contributed by atoms with E-state index in [0.29, 0.717) is 0 Å². The molecule has 0 atom stereocenters. The molecule has 0 fully saturated rings. The van der Waals surface area contributed by atoms with E-state index in [1.54, 1.807) is 0 Å². The van der Waals surface area contributed by atoms with Crippen LogP contribution in [0.1, 0.15) is 9.67 Å². The van der Waals surface area contributed by atoms with E-state index in [0.717, 1.165) is 18.4 Å². The lowest BCUT2D eigenvalue weighted by atomic mass is 10.5. The second kappa shape index (κ2) is 4.75. The SMILES string of the molecule is COC(=O)c1sccc1P(=O)(O)O.[B]. The Morgan fingerprint density at radius 1 is 1.57 bits per heavy atom. The van der Waals surface area contributed by atoms with Gasteiger partial charge in [-0.1, -0.05) is 0 Å². The van der Waals surface area contributed by atoms with Crippen molar-refractivity contribution in [1.82, 2.24) is 0 Å². The zero-order chi connectivity index (χ0) is 10.1. The number of rotatable bonds is 2. The van der Waals surface area contributed by atoms with Crippen molar-refractivity contribution in [2.24, 2.45) is 0 Å². The van der Waals surface area contributed by atoms with Gasteiger partial charge < -0.3 is 14.5 Å². The van der Waals surface area contributed by atoms with Crippen LogP contribution < -0.4 is 5.30 Å². The van der Waals surface area contributed by atoms with E-state index in [2.05, 4.69) is 4.74 Å². The van der Waals surface area contributed by atoms with E-state index in [1.807, 2.05) is 0 Å². The zero-order valence-corrected chi connectivity index (χ0v) is 8.92. The molecule has 0 aliphatic rings. The average Bonchev–Trinajstić information content (AvgIpc) is 2.49. The maximum absolute atomic E-state index is 11.0. The normalized spacial score (nSPS) is 10.5. The van der Waals surface area contributed by atoms with Crippen LogP contribution in [-0.2, 0) is 9.30 Å². The summed E-state index contributed by atoms with van der Waals surface area (Å²) in [4.78, 5) is 28.6. The number of hydrogen-bond donors (Lipinski definition) is 2. The maximum atomic E-state index is 11.0. The van der Waals surface area contributed by atoms with Gasteiger partial charge in [0.25, 0.3) is 0 Å². The molecule has 0 aromatic carbocycles. The van der Waals surface area contributed by atoms with Crippen LogP contribution in [-0.4, -0.2) is 31.3 Å². The summed E-state index contributed by atoms with van der Waals surface area (Å²) in [6.07, 6.45) is 0. The average molecular weight is 233 g/mol. The molecule has 0 saturated carbocycles. The fourth-order valence-corrected chi connectivity index (χ4v) is 2.73. The zero-order valence-electron chi connectivity index (χ0n) is 7.21. The number of thiophene rings is 1. The summed E-state index contributed by atoms with van der Waals surface area (Å²) in [5.41, 5.74) is 0. The molecule has 2 N–H and O–H groups in total. The first-order chi connectivity index (χ1) is 5.96. The monoisotopic (exact) mass is 233 g/mol. The molecule has 1 rings (SSSR count). The van der Waals surface area contributed by atoms with Gasteiger partial charge in [-0.25, -0.2) is 4.79 Å². The van der Waals surface area contributed by atoms with Crippen LogP contribution in [0.3, 0.4) is 0 Å². The minimum atomic E-state index is -4.37. The fourth-order valence-electron chi connectivity index (χ4n) is 0.777. The van der Waals surface area contributed by atoms with Crippen LogP contribution in [0.4, 0.5) is 0 Å². The Kier molecular flexibility index (Phi) is 4.54. The summed E-state index contributed by atoms with van der Waals surface area (Å²) < 4.78 is 15.2. The molecule has 0 unspecified atom stereocenters. The second-order valence-corrected chi connectivity index (χ2v) is 4.66. The summed E-state index contributed by atoms with van der Waals surface area (Å²) in [6.45, 7) is 0. The van der Waals surface area contributed by atoms with Crippen LogP contribution in [0, 0.1) is 0 Å². The molecule has 75 valence electrons. The first-order valence-corrected chi connectivity index (χ1v) is 5.68. The van der Waals surface area contributed by atoms with Crippen molar-refractivity contribution in [1.29, 1.82) is 0 Å². The first-order valence-electron chi connectivity index (χ1n) is 3.18. The number of methoxy groups -OCH3 is 1. The van der Waals surface area contributed by atoms with Crippen molar-refractivity contribution in [3.63, 3.8) is 0 Å². The summed E-state index contributed by atoms with van der Waals surface area (Å²) in [5, 5.41) is 1.16. The highest BCUT2D eigenvalue weighted by Crippen LogP contribution is 2.36. The minimum absolute atomic E-state index is 0. The van der Waals surface area contributed by atoms with Gasteiger partial charge >= 0.3 is 13.6 Å². The Hall–Kier alpha value is -0.615. The molecule has 0 spiro atoms. The highest BCUT2D eigenvalue weighted by atomic mass is 32.1. The van der Waals surface area contributed by atoms with E-state index >= 15 is 0 Å². The molecular formula is C6H7BO5PS. The standard InChI is InChI=1S/C6H7O5PS.B/c1-11-6(7)5-4(2-3-13-5)12(8,9)10;/h2-3H,1H3,(H2,8,9,10);. The van der Waals surface area contributed by atoms with Gasteiger partial charge in [0, 0.05) is 8.41 Å². The fraction of sp³-hybridized carbons (Fsp3) is 0.167. The molecule has 0 amide bonds. The number of carbonyl (C=O) groups is 1. The molecule has 0 saturated heterocycles. The maximum Gasteiger partial charge on any atom is 0.357 e.